The van der Waals surface area contributed by atoms with Crippen molar-refractivity contribution in [2.75, 3.05) is 0 Å². The normalized spacial score (nSPS) is 11.8. The first-order valence-electron chi connectivity index (χ1n) is 6.68. The molecule has 108 valence electrons. The van der Waals surface area contributed by atoms with Gasteiger partial charge in [0.15, 0.2) is 0 Å². The fourth-order valence-corrected chi connectivity index (χ4v) is 1.93. The molecule has 4 heteroatoms. The molecule has 2 nitrogen and oxygen atoms in total. The van der Waals surface area contributed by atoms with E-state index < -0.39 is 11.6 Å². The molecule has 1 aromatic heterocycles. The van der Waals surface area contributed by atoms with Gasteiger partial charge in [-0.2, -0.15) is 0 Å². The largest absolute Gasteiger partial charge is 0.349 e. The second-order valence-corrected chi connectivity index (χ2v) is 6.00. The van der Waals surface area contributed by atoms with Crippen molar-refractivity contribution in [3.8, 4) is 0 Å². The maximum absolute atomic E-state index is 13.6. The first-order chi connectivity index (χ1) is 9.35. The van der Waals surface area contributed by atoms with Gasteiger partial charge in [-0.3, -0.25) is 0 Å². The van der Waals surface area contributed by atoms with Crippen LogP contribution in [0.5, 0.6) is 0 Å². The summed E-state index contributed by atoms with van der Waals surface area (Å²) in [6.07, 6.45) is 3.75. The summed E-state index contributed by atoms with van der Waals surface area (Å²) in [5.74, 6) is -1.01. The highest BCUT2D eigenvalue weighted by Gasteiger charge is 2.11. The summed E-state index contributed by atoms with van der Waals surface area (Å²) in [6.45, 7) is 7.22. The number of hydrogen-bond donors (Lipinski definition) is 1. The van der Waals surface area contributed by atoms with Crippen LogP contribution in [0.25, 0.3) is 0 Å². The first kappa shape index (κ1) is 14.7. The Hall–Kier alpha value is -1.68. The first-order valence-corrected chi connectivity index (χ1v) is 6.68. The lowest BCUT2D eigenvalue weighted by atomic mass is 10.1. The van der Waals surface area contributed by atoms with Gasteiger partial charge in [0.25, 0.3) is 0 Å². The van der Waals surface area contributed by atoms with Gasteiger partial charge in [-0.25, -0.2) is 8.78 Å². The van der Waals surface area contributed by atoms with Crippen LogP contribution in [0.15, 0.2) is 36.7 Å². The molecule has 0 aliphatic rings. The van der Waals surface area contributed by atoms with Crippen molar-refractivity contribution >= 4 is 0 Å². The highest BCUT2D eigenvalue weighted by atomic mass is 19.1. The zero-order valence-electron chi connectivity index (χ0n) is 12.1. The summed E-state index contributed by atoms with van der Waals surface area (Å²) in [6, 6.07) is 5.90. The number of rotatable bonds is 4. The summed E-state index contributed by atoms with van der Waals surface area (Å²) >= 11 is 0. The molecule has 1 heterocycles. The Morgan fingerprint density at radius 1 is 1.10 bits per heavy atom. The molecule has 0 aliphatic carbocycles. The molecule has 1 N–H and O–H groups in total. The van der Waals surface area contributed by atoms with E-state index in [9.17, 15) is 8.78 Å². The lowest BCUT2D eigenvalue weighted by molar-refractivity contribution is 0.424. The van der Waals surface area contributed by atoms with E-state index in [0.717, 1.165) is 12.1 Å². The van der Waals surface area contributed by atoms with Crippen LogP contribution in [-0.2, 0) is 13.1 Å². The lowest BCUT2D eigenvalue weighted by Gasteiger charge is -2.19. The monoisotopic (exact) mass is 278 g/mol. The standard InChI is InChI=1S/C16H20F2N2/c1-16(2,3)19-9-12-7-8-20(10-12)11-13-14(17)5-4-6-15(13)18/h4-8,10,19H,9,11H2,1-3H3. The van der Waals surface area contributed by atoms with Gasteiger partial charge in [0, 0.05) is 30.0 Å². The van der Waals surface area contributed by atoms with Gasteiger partial charge in [-0.15, -0.1) is 0 Å². The minimum atomic E-state index is -0.506. The molecular weight excluding hydrogens is 258 g/mol. The maximum atomic E-state index is 13.6. The third-order valence-corrected chi connectivity index (χ3v) is 3.04. The number of benzene rings is 1. The summed E-state index contributed by atoms with van der Waals surface area (Å²) in [5.41, 5.74) is 1.23. The minimum Gasteiger partial charge on any atom is -0.349 e. The zero-order chi connectivity index (χ0) is 14.8. The Kier molecular flexibility index (Phi) is 4.23. The molecule has 0 bridgehead atoms. The van der Waals surface area contributed by atoms with E-state index in [1.165, 1.54) is 18.2 Å². The van der Waals surface area contributed by atoms with E-state index in [1.807, 2.05) is 18.5 Å². The van der Waals surface area contributed by atoms with Crippen LogP contribution in [0.2, 0.25) is 0 Å². The number of aromatic nitrogens is 1. The van der Waals surface area contributed by atoms with Crippen molar-refractivity contribution < 1.29 is 8.78 Å². The lowest BCUT2D eigenvalue weighted by Crippen LogP contribution is -2.34. The summed E-state index contributed by atoms with van der Waals surface area (Å²) in [4.78, 5) is 0. The number of nitrogens with one attached hydrogen (secondary N) is 1. The highest BCUT2D eigenvalue weighted by molar-refractivity contribution is 5.21. The number of halogens is 2. The Balaban J connectivity index is 2.06. The van der Waals surface area contributed by atoms with Gasteiger partial charge in [0.05, 0.1) is 6.54 Å². The molecule has 0 spiro atoms. The van der Waals surface area contributed by atoms with E-state index in [-0.39, 0.29) is 17.6 Å². The van der Waals surface area contributed by atoms with Gasteiger partial charge in [-0.05, 0) is 44.5 Å². The van der Waals surface area contributed by atoms with E-state index >= 15 is 0 Å². The average Bonchev–Trinajstić information content (AvgIpc) is 2.79. The second kappa shape index (κ2) is 5.75. The van der Waals surface area contributed by atoms with Gasteiger partial charge in [-0.1, -0.05) is 6.07 Å². The molecular formula is C16H20F2N2. The number of nitrogens with zero attached hydrogens (tertiary/aromatic N) is 1. The molecule has 0 radical (unpaired) electrons. The van der Waals surface area contributed by atoms with Crippen LogP contribution >= 0.6 is 0 Å². The average molecular weight is 278 g/mol. The molecule has 2 aromatic rings. The minimum absolute atomic E-state index is 0.0414. The fraction of sp³-hybridized carbons (Fsp3) is 0.375. The van der Waals surface area contributed by atoms with Crippen molar-refractivity contribution in [2.45, 2.75) is 39.4 Å². The van der Waals surface area contributed by atoms with Gasteiger partial charge < -0.3 is 9.88 Å². The molecule has 0 saturated carbocycles. The van der Waals surface area contributed by atoms with Crippen molar-refractivity contribution in [1.29, 1.82) is 0 Å². The topological polar surface area (TPSA) is 17.0 Å². The Labute approximate surface area is 118 Å². The van der Waals surface area contributed by atoms with Crippen molar-refractivity contribution in [2.24, 2.45) is 0 Å². The summed E-state index contributed by atoms with van der Waals surface area (Å²) in [7, 11) is 0. The van der Waals surface area contributed by atoms with E-state index in [1.54, 1.807) is 4.57 Å². The third-order valence-electron chi connectivity index (χ3n) is 3.04. The Morgan fingerprint density at radius 2 is 1.75 bits per heavy atom. The SMILES string of the molecule is CC(C)(C)NCc1ccn(Cc2c(F)cccc2F)c1. The van der Waals surface area contributed by atoms with Crippen LogP contribution in [0.1, 0.15) is 31.9 Å². The van der Waals surface area contributed by atoms with Crippen LogP contribution in [0, 0.1) is 11.6 Å². The molecule has 0 fully saturated rings. The highest BCUT2D eigenvalue weighted by Crippen LogP contribution is 2.14. The predicted octanol–water partition coefficient (Wildman–Crippen LogP) is 3.70. The number of hydrogen-bond acceptors (Lipinski definition) is 1. The smallest absolute Gasteiger partial charge is 0.131 e. The van der Waals surface area contributed by atoms with Crippen LogP contribution in [0.4, 0.5) is 8.78 Å². The van der Waals surface area contributed by atoms with Crippen LogP contribution in [-0.4, -0.2) is 10.1 Å². The molecule has 20 heavy (non-hydrogen) atoms. The maximum Gasteiger partial charge on any atom is 0.131 e. The Morgan fingerprint density at radius 3 is 2.35 bits per heavy atom. The van der Waals surface area contributed by atoms with Gasteiger partial charge >= 0.3 is 0 Å². The van der Waals surface area contributed by atoms with E-state index in [4.69, 9.17) is 0 Å². The predicted molar refractivity (Wildman–Crippen MR) is 76.5 cm³/mol. The molecule has 0 saturated heterocycles. The molecule has 2 rings (SSSR count). The van der Waals surface area contributed by atoms with Gasteiger partial charge in [0.1, 0.15) is 11.6 Å². The molecule has 0 unspecified atom stereocenters. The molecule has 0 aliphatic heterocycles. The van der Waals surface area contributed by atoms with Crippen molar-refractivity contribution in [3.63, 3.8) is 0 Å². The Bertz CT molecular complexity index is 562. The molecule has 0 atom stereocenters. The van der Waals surface area contributed by atoms with Crippen LogP contribution in [0.3, 0.4) is 0 Å². The van der Waals surface area contributed by atoms with Crippen molar-refractivity contribution in [1.82, 2.24) is 9.88 Å². The van der Waals surface area contributed by atoms with Crippen LogP contribution < -0.4 is 5.32 Å². The second-order valence-electron chi connectivity index (χ2n) is 6.00. The quantitative estimate of drug-likeness (QED) is 0.902. The fourth-order valence-electron chi connectivity index (χ4n) is 1.93. The van der Waals surface area contributed by atoms with E-state index in [0.29, 0.717) is 0 Å². The van der Waals surface area contributed by atoms with Crippen molar-refractivity contribution in [3.05, 3.63) is 59.4 Å². The zero-order valence-corrected chi connectivity index (χ0v) is 12.1. The van der Waals surface area contributed by atoms with E-state index in [2.05, 4.69) is 26.1 Å². The molecule has 0 amide bonds. The van der Waals surface area contributed by atoms with Gasteiger partial charge in [0.2, 0.25) is 0 Å². The molecule has 1 aromatic carbocycles. The third kappa shape index (κ3) is 3.90. The summed E-state index contributed by atoms with van der Waals surface area (Å²) < 4.78 is 29.0. The summed E-state index contributed by atoms with van der Waals surface area (Å²) in [5, 5.41) is 3.38.